The van der Waals surface area contributed by atoms with Gasteiger partial charge in [0.1, 0.15) is 0 Å². The standard InChI is InChI=1S/C13H22N4S/c1-14-13(15-2)16-9-5-8-12-17-10-6-3-4-7-11(10)18-12/h3-9H2,1-2H3,(H2,14,15,16). The van der Waals surface area contributed by atoms with E-state index in [1.807, 2.05) is 18.4 Å². The van der Waals surface area contributed by atoms with Crippen LogP contribution in [0.15, 0.2) is 4.99 Å². The molecule has 2 rings (SSSR count). The highest BCUT2D eigenvalue weighted by Crippen LogP contribution is 2.27. The van der Waals surface area contributed by atoms with E-state index in [4.69, 9.17) is 4.98 Å². The highest BCUT2D eigenvalue weighted by Gasteiger charge is 2.14. The Balaban J connectivity index is 1.75. The average molecular weight is 266 g/mol. The maximum Gasteiger partial charge on any atom is 0.190 e. The lowest BCUT2D eigenvalue weighted by molar-refractivity contribution is 0.678. The maximum absolute atomic E-state index is 4.75. The summed E-state index contributed by atoms with van der Waals surface area (Å²) in [5.74, 6) is 0.855. The quantitative estimate of drug-likeness (QED) is 0.496. The second kappa shape index (κ2) is 6.73. The van der Waals surface area contributed by atoms with Gasteiger partial charge < -0.3 is 10.6 Å². The predicted molar refractivity (Wildman–Crippen MR) is 77.5 cm³/mol. The molecule has 0 amide bonds. The summed E-state index contributed by atoms with van der Waals surface area (Å²) in [6.45, 7) is 0.942. The minimum Gasteiger partial charge on any atom is -0.359 e. The molecule has 0 aromatic carbocycles. The van der Waals surface area contributed by atoms with Gasteiger partial charge >= 0.3 is 0 Å². The van der Waals surface area contributed by atoms with Crippen molar-refractivity contribution in [1.29, 1.82) is 0 Å². The second-order valence-electron chi connectivity index (χ2n) is 4.54. The molecule has 1 aromatic rings. The van der Waals surface area contributed by atoms with Crippen LogP contribution >= 0.6 is 11.3 Å². The molecule has 18 heavy (non-hydrogen) atoms. The molecule has 1 aromatic heterocycles. The fourth-order valence-electron chi connectivity index (χ4n) is 2.24. The Morgan fingerprint density at radius 1 is 1.39 bits per heavy atom. The van der Waals surface area contributed by atoms with E-state index in [0.717, 1.165) is 25.3 Å². The van der Waals surface area contributed by atoms with Gasteiger partial charge in [-0.05, 0) is 32.1 Å². The van der Waals surface area contributed by atoms with Crippen LogP contribution in [0.1, 0.15) is 34.8 Å². The van der Waals surface area contributed by atoms with Crippen LogP contribution in [0.25, 0.3) is 0 Å². The molecule has 0 spiro atoms. The van der Waals surface area contributed by atoms with Crippen molar-refractivity contribution in [1.82, 2.24) is 15.6 Å². The Morgan fingerprint density at radius 3 is 2.94 bits per heavy atom. The molecule has 0 aliphatic heterocycles. The van der Waals surface area contributed by atoms with Gasteiger partial charge in [-0.2, -0.15) is 0 Å². The second-order valence-corrected chi connectivity index (χ2v) is 5.71. The zero-order valence-corrected chi connectivity index (χ0v) is 12.1. The molecule has 0 fully saturated rings. The fourth-order valence-corrected chi connectivity index (χ4v) is 3.44. The Labute approximate surface area is 113 Å². The first kappa shape index (κ1) is 13.3. The number of rotatable bonds is 4. The van der Waals surface area contributed by atoms with Crippen LogP contribution in [-0.2, 0) is 19.3 Å². The smallest absolute Gasteiger partial charge is 0.190 e. The van der Waals surface area contributed by atoms with Gasteiger partial charge in [-0.25, -0.2) is 4.98 Å². The van der Waals surface area contributed by atoms with E-state index < -0.39 is 0 Å². The normalized spacial score (nSPS) is 15.3. The van der Waals surface area contributed by atoms with Crippen molar-refractivity contribution >= 4 is 17.3 Å². The molecule has 4 nitrogen and oxygen atoms in total. The molecule has 1 heterocycles. The predicted octanol–water partition coefficient (Wildman–Crippen LogP) is 1.75. The first-order chi connectivity index (χ1) is 8.83. The minimum atomic E-state index is 0.855. The highest BCUT2D eigenvalue weighted by atomic mass is 32.1. The van der Waals surface area contributed by atoms with Gasteiger partial charge in [0.05, 0.1) is 10.7 Å². The molecule has 0 unspecified atom stereocenters. The lowest BCUT2D eigenvalue weighted by Crippen LogP contribution is -2.35. The van der Waals surface area contributed by atoms with E-state index in [9.17, 15) is 0 Å². The first-order valence-electron chi connectivity index (χ1n) is 6.69. The highest BCUT2D eigenvalue weighted by molar-refractivity contribution is 7.11. The number of fused-ring (bicyclic) bond motifs is 1. The minimum absolute atomic E-state index is 0.855. The number of aromatic nitrogens is 1. The van der Waals surface area contributed by atoms with Crippen molar-refractivity contribution in [3.8, 4) is 0 Å². The summed E-state index contributed by atoms with van der Waals surface area (Å²) >= 11 is 1.92. The SMILES string of the molecule is CN=C(NC)NCCCc1nc2c(s1)CCCC2. The van der Waals surface area contributed by atoms with E-state index in [2.05, 4.69) is 15.6 Å². The van der Waals surface area contributed by atoms with E-state index in [1.54, 1.807) is 7.05 Å². The summed E-state index contributed by atoms with van der Waals surface area (Å²) in [5, 5.41) is 7.59. The fraction of sp³-hybridized carbons (Fsp3) is 0.692. The van der Waals surface area contributed by atoms with E-state index in [-0.39, 0.29) is 0 Å². The van der Waals surface area contributed by atoms with E-state index in [1.165, 1.54) is 41.3 Å². The van der Waals surface area contributed by atoms with Crippen LogP contribution in [0.4, 0.5) is 0 Å². The molecule has 5 heteroatoms. The zero-order chi connectivity index (χ0) is 12.8. The molecular formula is C13H22N4S. The van der Waals surface area contributed by atoms with Gasteiger partial charge in [0, 0.05) is 31.9 Å². The number of hydrogen-bond donors (Lipinski definition) is 2. The lowest BCUT2D eigenvalue weighted by atomic mass is 10.0. The molecule has 0 bridgehead atoms. The summed E-state index contributed by atoms with van der Waals surface area (Å²) in [6.07, 6.45) is 7.28. The first-order valence-corrected chi connectivity index (χ1v) is 7.51. The molecule has 1 aliphatic carbocycles. The lowest BCUT2D eigenvalue weighted by Gasteiger charge is -2.07. The van der Waals surface area contributed by atoms with E-state index >= 15 is 0 Å². The van der Waals surface area contributed by atoms with Gasteiger partial charge in [0.25, 0.3) is 0 Å². The van der Waals surface area contributed by atoms with Crippen molar-refractivity contribution < 1.29 is 0 Å². The number of nitrogens with one attached hydrogen (secondary N) is 2. The number of guanidine groups is 1. The third-order valence-electron chi connectivity index (χ3n) is 3.21. The average Bonchev–Trinajstić information content (AvgIpc) is 2.81. The van der Waals surface area contributed by atoms with Gasteiger partial charge in [0.15, 0.2) is 5.96 Å². The van der Waals surface area contributed by atoms with Gasteiger partial charge in [-0.3, -0.25) is 4.99 Å². The number of aliphatic imine (C=N–C) groups is 1. The van der Waals surface area contributed by atoms with Crippen LogP contribution in [0.3, 0.4) is 0 Å². The summed E-state index contributed by atoms with van der Waals surface area (Å²) in [7, 11) is 3.66. The summed E-state index contributed by atoms with van der Waals surface area (Å²) in [6, 6.07) is 0. The number of nitrogens with zero attached hydrogens (tertiary/aromatic N) is 2. The molecular weight excluding hydrogens is 244 g/mol. The number of hydrogen-bond acceptors (Lipinski definition) is 3. The number of aryl methyl sites for hydroxylation is 3. The molecule has 0 saturated heterocycles. The number of thiazole rings is 1. The van der Waals surface area contributed by atoms with Gasteiger partial charge in [-0.1, -0.05) is 0 Å². The zero-order valence-electron chi connectivity index (χ0n) is 11.3. The van der Waals surface area contributed by atoms with Crippen molar-refractivity contribution in [2.45, 2.75) is 38.5 Å². The van der Waals surface area contributed by atoms with Gasteiger partial charge in [0.2, 0.25) is 0 Å². The Hall–Kier alpha value is -1.10. The maximum atomic E-state index is 4.75. The van der Waals surface area contributed by atoms with Crippen molar-refractivity contribution in [3.05, 3.63) is 15.6 Å². The summed E-state index contributed by atoms with van der Waals surface area (Å²) < 4.78 is 0. The summed E-state index contributed by atoms with van der Waals surface area (Å²) in [5.41, 5.74) is 1.38. The molecule has 0 radical (unpaired) electrons. The molecule has 1 aliphatic rings. The van der Waals surface area contributed by atoms with Crippen molar-refractivity contribution in [2.24, 2.45) is 4.99 Å². The molecule has 100 valence electrons. The van der Waals surface area contributed by atoms with Crippen molar-refractivity contribution in [3.63, 3.8) is 0 Å². The van der Waals surface area contributed by atoms with Crippen LogP contribution < -0.4 is 10.6 Å². The van der Waals surface area contributed by atoms with Gasteiger partial charge in [-0.15, -0.1) is 11.3 Å². The van der Waals surface area contributed by atoms with Crippen LogP contribution in [0.5, 0.6) is 0 Å². The summed E-state index contributed by atoms with van der Waals surface area (Å²) in [4.78, 5) is 10.4. The topological polar surface area (TPSA) is 49.3 Å². The Bertz CT molecular complexity index is 388. The van der Waals surface area contributed by atoms with Crippen LogP contribution in [-0.4, -0.2) is 31.6 Å². The molecule has 2 N–H and O–H groups in total. The van der Waals surface area contributed by atoms with Crippen molar-refractivity contribution in [2.75, 3.05) is 20.6 Å². The van der Waals surface area contributed by atoms with E-state index in [0.29, 0.717) is 0 Å². The largest absolute Gasteiger partial charge is 0.359 e. The third kappa shape index (κ3) is 3.45. The third-order valence-corrected chi connectivity index (χ3v) is 4.43. The van der Waals surface area contributed by atoms with Crippen LogP contribution in [0, 0.1) is 0 Å². The molecule has 0 atom stereocenters. The molecule has 0 saturated carbocycles. The Kier molecular flexibility index (Phi) is 4.99. The van der Waals surface area contributed by atoms with Crippen LogP contribution in [0.2, 0.25) is 0 Å². The Morgan fingerprint density at radius 2 is 2.22 bits per heavy atom. The monoisotopic (exact) mass is 266 g/mol.